The standard InChI is InChI=1S/C21H17N3O4S3/c1-24-20(26)18-13(16-3-2-8-29-16)10-30-19(18)23-21(24)31-11-17(25)22-12-4-5-14-15(9-12)28-7-6-27-14/h2-5,8-10H,6-7,11H2,1H3,(H,22,25). The van der Waals surface area contributed by atoms with Gasteiger partial charge in [-0.05, 0) is 23.6 Å². The highest BCUT2D eigenvalue weighted by Crippen LogP contribution is 2.35. The van der Waals surface area contributed by atoms with Crippen LogP contribution in [0.5, 0.6) is 11.5 Å². The normalized spacial score (nSPS) is 12.8. The molecule has 0 saturated carbocycles. The largest absolute Gasteiger partial charge is 0.486 e. The number of amides is 1. The van der Waals surface area contributed by atoms with Crippen LogP contribution in [0.3, 0.4) is 0 Å². The molecule has 158 valence electrons. The van der Waals surface area contributed by atoms with E-state index in [-0.39, 0.29) is 17.2 Å². The summed E-state index contributed by atoms with van der Waals surface area (Å²) in [5, 5.41) is 7.94. The molecule has 3 aromatic heterocycles. The summed E-state index contributed by atoms with van der Waals surface area (Å²) in [6.45, 7) is 1.00. The molecular weight excluding hydrogens is 454 g/mol. The molecule has 10 heteroatoms. The van der Waals surface area contributed by atoms with Crippen molar-refractivity contribution >= 4 is 56.2 Å². The molecule has 1 amide bonds. The zero-order valence-electron chi connectivity index (χ0n) is 16.4. The summed E-state index contributed by atoms with van der Waals surface area (Å²) in [6, 6.07) is 9.25. The van der Waals surface area contributed by atoms with Crippen LogP contribution in [-0.4, -0.2) is 34.4 Å². The van der Waals surface area contributed by atoms with Crippen molar-refractivity contribution in [3.8, 4) is 21.9 Å². The second kappa shape index (κ2) is 8.37. The summed E-state index contributed by atoms with van der Waals surface area (Å²) < 4.78 is 12.5. The Morgan fingerprint density at radius 1 is 1.23 bits per heavy atom. The second-order valence-corrected chi connectivity index (χ2v) is 9.51. The molecule has 0 fully saturated rings. The molecule has 4 aromatic rings. The molecule has 1 aliphatic rings. The fraction of sp³-hybridized carbons (Fsp3) is 0.190. The number of carbonyl (C=O) groups is 1. The number of carbonyl (C=O) groups excluding carboxylic acids is 1. The number of benzene rings is 1. The summed E-state index contributed by atoms with van der Waals surface area (Å²) in [5.74, 6) is 1.22. The topological polar surface area (TPSA) is 82.5 Å². The predicted molar refractivity (Wildman–Crippen MR) is 125 cm³/mol. The molecule has 0 saturated heterocycles. The van der Waals surface area contributed by atoms with E-state index in [9.17, 15) is 9.59 Å². The first kappa shape index (κ1) is 20.1. The Morgan fingerprint density at radius 3 is 2.87 bits per heavy atom. The highest BCUT2D eigenvalue weighted by molar-refractivity contribution is 7.99. The number of fused-ring (bicyclic) bond motifs is 2. The second-order valence-electron chi connectivity index (χ2n) is 6.76. The van der Waals surface area contributed by atoms with E-state index < -0.39 is 0 Å². The van der Waals surface area contributed by atoms with Gasteiger partial charge in [-0.15, -0.1) is 22.7 Å². The lowest BCUT2D eigenvalue weighted by atomic mass is 10.2. The Kier molecular flexibility index (Phi) is 5.43. The maximum Gasteiger partial charge on any atom is 0.263 e. The summed E-state index contributed by atoms with van der Waals surface area (Å²) in [5.41, 5.74) is 1.44. The lowest BCUT2D eigenvalue weighted by Crippen LogP contribution is -2.21. The van der Waals surface area contributed by atoms with E-state index in [2.05, 4.69) is 10.3 Å². The highest BCUT2D eigenvalue weighted by atomic mass is 32.2. The number of thioether (sulfide) groups is 1. The van der Waals surface area contributed by atoms with E-state index in [1.165, 1.54) is 27.7 Å². The molecule has 5 rings (SSSR count). The van der Waals surface area contributed by atoms with Crippen molar-refractivity contribution in [2.75, 3.05) is 24.3 Å². The number of aromatic nitrogens is 2. The van der Waals surface area contributed by atoms with Gasteiger partial charge in [0.25, 0.3) is 5.56 Å². The van der Waals surface area contributed by atoms with Crippen LogP contribution in [0.1, 0.15) is 0 Å². The molecule has 0 aliphatic carbocycles. The van der Waals surface area contributed by atoms with Gasteiger partial charge in [0, 0.05) is 34.6 Å². The fourth-order valence-corrected chi connectivity index (χ4v) is 5.82. The van der Waals surface area contributed by atoms with Crippen molar-refractivity contribution in [3.05, 3.63) is 51.4 Å². The number of nitrogens with one attached hydrogen (secondary N) is 1. The minimum atomic E-state index is -0.193. The van der Waals surface area contributed by atoms with Gasteiger partial charge in [-0.3, -0.25) is 14.2 Å². The van der Waals surface area contributed by atoms with Gasteiger partial charge in [0.1, 0.15) is 18.0 Å². The molecule has 0 radical (unpaired) electrons. The maximum absolute atomic E-state index is 13.0. The Balaban J connectivity index is 1.32. The molecule has 31 heavy (non-hydrogen) atoms. The first-order valence-corrected chi connectivity index (χ1v) is 12.2. The molecular formula is C21H17N3O4S3. The van der Waals surface area contributed by atoms with Crippen LogP contribution in [0, 0.1) is 0 Å². The van der Waals surface area contributed by atoms with Gasteiger partial charge in [0.05, 0.1) is 11.1 Å². The van der Waals surface area contributed by atoms with Gasteiger partial charge in [0.15, 0.2) is 16.7 Å². The van der Waals surface area contributed by atoms with Crippen LogP contribution in [-0.2, 0) is 11.8 Å². The number of anilines is 1. The van der Waals surface area contributed by atoms with Gasteiger partial charge in [-0.2, -0.15) is 0 Å². The predicted octanol–water partition coefficient (Wildman–Crippen LogP) is 4.23. The van der Waals surface area contributed by atoms with Crippen molar-refractivity contribution in [1.29, 1.82) is 0 Å². The third-order valence-electron chi connectivity index (χ3n) is 4.72. The van der Waals surface area contributed by atoms with E-state index in [1.807, 2.05) is 22.9 Å². The highest BCUT2D eigenvalue weighted by Gasteiger charge is 2.17. The number of rotatable bonds is 5. The van der Waals surface area contributed by atoms with Crippen LogP contribution in [0.15, 0.2) is 51.0 Å². The summed E-state index contributed by atoms with van der Waals surface area (Å²) in [7, 11) is 1.69. The van der Waals surface area contributed by atoms with Gasteiger partial charge >= 0.3 is 0 Å². The van der Waals surface area contributed by atoms with E-state index in [0.717, 1.165) is 10.4 Å². The Hall–Kier alpha value is -2.82. The molecule has 0 unspecified atom stereocenters. The maximum atomic E-state index is 13.0. The Labute approximate surface area is 189 Å². The lowest BCUT2D eigenvalue weighted by Gasteiger charge is -2.19. The molecule has 1 N–H and O–H groups in total. The van der Waals surface area contributed by atoms with Crippen LogP contribution in [0.2, 0.25) is 0 Å². The molecule has 1 aromatic carbocycles. The van der Waals surface area contributed by atoms with E-state index in [0.29, 0.717) is 45.8 Å². The number of hydrogen-bond acceptors (Lipinski definition) is 8. The van der Waals surface area contributed by atoms with Crippen LogP contribution < -0.4 is 20.3 Å². The average molecular weight is 472 g/mol. The minimum Gasteiger partial charge on any atom is -0.486 e. The van der Waals surface area contributed by atoms with Crippen molar-refractivity contribution in [3.63, 3.8) is 0 Å². The van der Waals surface area contributed by atoms with E-state index in [4.69, 9.17) is 9.47 Å². The van der Waals surface area contributed by atoms with E-state index >= 15 is 0 Å². The zero-order chi connectivity index (χ0) is 21.4. The number of hydrogen-bond donors (Lipinski definition) is 1. The van der Waals surface area contributed by atoms with Crippen molar-refractivity contribution in [2.24, 2.45) is 7.05 Å². The van der Waals surface area contributed by atoms with Gasteiger partial charge in [-0.1, -0.05) is 17.8 Å². The number of thiophene rings is 2. The monoisotopic (exact) mass is 471 g/mol. The van der Waals surface area contributed by atoms with Crippen LogP contribution in [0.4, 0.5) is 5.69 Å². The van der Waals surface area contributed by atoms with Gasteiger partial charge < -0.3 is 14.8 Å². The molecule has 0 bridgehead atoms. The van der Waals surface area contributed by atoms with Crippen molar-refractivity contribution in [2.45, 2.75) is 5.16 Å². The molecule has 1 aliphatic heterocycles. The first-order chi connectivity index (χ1) is 15.1. The summed E-state index contributed by atoms with van der Waals surface area (Å²) in [4.78, 5) is 31.8. The average Bonchev–Trinajstić information content (AvgIpc) is 3.45. The molecule has 0 atom stereocenters. The van der Waals surface area contributed by atoms with Gasteiger partial charge in [0.2, 0.25) is 5.91 Å². The summed E-state index contributed by atoms with van der Waals surface area (Å²) in [6.07, 6.45) is 0. The zero-order valence-corrected chi connectivity index (χ0v) is 18.9. The molecule has 0 spiro atoms. The lowest BCUT2D eigenvalue weighted by molar-refractivity contribution is -0.113. The molecule has 7 nitrogen and oxygen atoms in total. The van der Waals surface area contributed by atoms with Crippen molar-refractivity contribution < 1.29 is 14.3 Å². The van der Waals surface area contributed by atoms with E-state index in [1.54, 1.807) is 36.6 Å². The number of ether oxygens (including phenoxy) is 2. The SMILES string of the molecule is Cn1c(SCC(=O)Nc2ccc3c(c2)OCCO3)nc2scc(-c3cccs3)c2c1=O. The van der Waals surface area contributed by atoms with Crippen molar-refractivity contribution in [1.82, 2.24) is 9.55 Å². The first-order valence-electron chi connectivity index (χ1n) is 9.44. The minimum absolute atomic E-state index is 0.107. The quantitative estimate of drug-likeness (QED) is 0.347. The number of nitrogens with zero attached hydrogens (tertiary/aromatic N) is 2. The van der Waals surface area contributed by atoms with Gasteiger partial charge in [-0.25, -0.2) is 4.98 Å². The smallest absolute Gasteiger partial charge is 0.263 e. The Bertz CT molecular complexity index is 1330. The third kappa shape index (κ3) is 3.93. The molecule has 4 heterocycles. The summed E-state index contributed by atoms with van der Waals surface area (Å²) >= 11 is 4.27. The van der Waals surface area contributed by atoms with Crippen LogP contribution >= 0.6 is 34.4 Å². The third-order valence-corrected chi connectivity index (χ3v) is 7.52. The Morgan fingerprint density at radius 2 is 2.06 bits per heavy atom. The fourth-order valence-electron chi connectivity index (χ4n) is 3.24. The van der Waals surface area contributed by atoms with Crippen LogP contribution in [0.25, 0.3) is 20.7 Å².